The minimum Gasteiger partial charge on any atom is -0.508 e. The minimum atomic E-state index is -1.56. The van der Waals surface area contributed by atoms with Gasteiger partial charge in [0.2, 0.25) is 6.29 Å². The van der Waals surface area contributed by atoms with Gasteiger partial charge in [0.15, 0.2) is 5.43 Å². The molecule has 5 atom stereocenters. The number of phenolic OH excluding ortho intramolecular Hbond substituents is 1. The van der Waals surface area contributed by atoms with Crippen molar-refractivity contribution in [1.82, 2.24) is 0 Å². The van der Waals surface area contributed by atoms with Gasteiger partial charge in [-0.05, 0) is 48.2 Å². The van der Waals surface area contributed by atoms with E-state index in [1.165, 1.54) is 36.6 Å². The smallest absolute Gasteiger partial charge is 0.317 e. The fourth-order valence-corrected chi connectivity index (χ4v) is 6.44. The van der Waals surface area contributed by atoms with Gasteiger partial charge in [0.05, 0.1) is 17.6 Å². The summed E-state index contributed by atoms with van der Waals surface area (Å²) in [5.41, 5.74) is 1.57. The number of benzene rings is 3. The first-order valence-electron chi connectivity index (χ1n) is 15.7. The highest BCUT2D eigenvalue weighted by Crippen LogP contribution is 2.42. The Hall–Kier alpha value is -4.75. The number of carbonyl (C=O) groups excluding carboxylic acids is 1. The van der Waals surface area contributed by atoms with E-state index in [-0.39, 0.29) is 39.9 Å². The van der Waals surface area contributed by atoms with Crippen LogP contribution in [0, 0.1) is 0 Å². The highest BCUT2D eigenvalue weighted by Gasteiger charge is 2.48. The summed E-state index contributed by atoms with van der Waals surface area (Å²) in [5, 5.41) is 41.1. The number of rotatable bonds is 11. The van der Waals surface area contributed by atoms with Crippen molar-refractivity contribution in [3.63, 3.8) is 0 Å². The third-order valence-electron chi connectivity index (χ3n) is 9.02. The SMILES string of the molecule is O=C(O)CC(=O)OCC1OC(Oc2ccc3c(=O)c(-c4ccc(O)cc4)coc3c2)C(OCC2(c3ccccc3)CCCC2)C(O)C1O. The second-order valence-electron chi connectivity index (χ2n) is 12.2. The first-order valence-corrected chi connectivity index (χ1v) is 15.7. The second-order valence-corrected chi connectivity index (χ2v) is 12.2. The number of aliphatic carboxylic acids is 1. The van der Waals surface area contributed by atoms with Crippen LogP contribution in [0.25, 0.3) is 22.1 Å². The molecular weight excluding hydrogens is 624 g/mol. The number of carboxylic acids is 1. The van der Waals surface area contributed by atoms with Gasteiger partial charge in [-0.3, -0.25) is 14.4 Å². The Morgan fingerprint density at radius 2 is 1.67 bits per heavy atom. The molecule has 2 aliphatic rings. The van der Waals surface area contributed by atoms with Gasteiger partial charge in [0.25, 0.3) is 0 Å². The average Bonchev–Trinajstić information content (AvgIpc) is 3.56. The van der Waals surface area contributed by atoms with Crippen LogP contribution in [-0.4, -0.2) is 76.3 Å². The van der Waals surface area contributed by atoms with Gasteiger partial charge >= 0.3 is 11.9 Å². The van der Waals surface area contributed by atoms with Crippen LogP contribution in [0.1, 0.15) is 37.7 Å². The number of carboxylic acid groups (broad SMARTS) is 1. The molecule has 252 valence electrons. The molecule has 4 N–H and O–H groups in total. The molecule has 0 bridgehead atoms. The lowest BCUT2D eigenvalue weighted by Crippen LogP contribution is -2.61. The fraction of sp³-hybridized carbons (Fsp3) is 0.361. The predicted octanol–water partition coefficient (Wildman–Crippen LogP) is 3.91. The number of hydrogen-bond acceptors (Lipinski definition) is 11. The third-order valence-corrected chi connectivity index (χ3v) is 9.02. The highest BCUT2D eigenvalue weighted by molar-refractivity contribution is 5.90. The molecule has 0 amide bonds. The van der Waals surface area contributed by atoms with Crippen molar-refractivity contribution in [2.24, 2.45) is 0 Å². The Balaban J connectivity index is 1.26. The highest BCUT2D eigenvalue weighted by atomic mass is 16.7. The zero-order valence-corrected chi connectivity index (χ0v) is 25.9. The number of aromatic hydroxyl groups is 1. The van der Waals surface area contributed by atoms with Crippen LogP contribution >= 0.6 is 0 Å². The maximum atomic E-state index is 13.3. The molecule has 1 aromatic heterocycles. The van der Waals surface area contributed by atoms with E-state index in [0.29, 0.717) is 11.1 Å². The molecule has 2 heterocycles. The molecule has 48 heavy (non-hydrogen) atoms. The van der Waals surface area contributed by atoms with E-state index in [9.17, 15) is 29.7 Å². The van der Waals surface area contributed by atoms with Crippen LogP contribution < -0.4 is 10.2 Å². The average molecular weight is 661 g/mol. The third kappa shape index (κ3) is 7.07. The normalized spacial score (nSPS) is 23.5. The first-order chi connectivity index (χ1) is 23.1. The van der Waals surface area contributed by atoms with Crippen molar-refractivity contribution in [3.8, 4) is 22.6 Å². The predicted molar refractivity (Wildman–Crippen MR) is 170 cm³/mol. The topological polar surface area (TPSA) is 182 Å². The maximum Gasteiger partial charge on any atom is 0.317 e. The van der Waals surface area contributed by atoms with Crippen LogP contribution in [0.4, 0.5) is 0 Å². The standard InChI is InChI=1S/C36H36O12/c37-23-10-8-21(9-11-23)26-18-44-27-16-24(12-13-25(27)31(26)41)47-35-34(33(43)32(42)28(48-35)19-45-30(40)17-29(38)39)46-20-36(14-4-5-15-36)22-6-2-1-3-7-22/h1-3,6-13,16,18,28,32-35,37,42-43H,4-5,14-15,17,19-20H2,(H,38,39). The molecule has 5 unspecified atom stereocenters. The molecule has 0 radical (unpaired) electrons. The zero-order chi connectivity index (χ0) is 33.8. The van der Waals surface area contributed by atoms with Crippen LogP contribution in [0.5, 0.6) is 11.5 Å². The molecule has 0 spiro atoms. The molecule has 12 nitrogen and oxygen atoms in total. The summed E-state index contributed by atoms with van der Waals surface area (Å²) in [6.45, 7) is -0.336. The molecule has 3 aromatic carbocycles. The summed E-state index contributed by atoms with van der Waals surface area (Å²) >= 11 is 0. The van der Waals surface area contributed by atoms with Crippen molar-refractivity contribution in [1.29, 1.82) is 0 Å². The van der Waals surface area contributed by atoms with E-state index in [1.807, 2.05) is 30.3 Å². The summed E-state index contributed by atoms with van der Waals surface area (Å²) in [6, 6.07) is 20.7. The first kappa shape index (κ1) is 33.2. The molecule has 4 aromatic rings. The summed E-state index contributed by atoms with van der Waals surface area (Å²) in [6.07, 6.45) is -2.69. The Morgan fingerprint density at radius 3 is 2.38 bits per heavy atom. The van der Waals surface area contributed by atoms with Crippen molar-refractivity contribution in [2.45, 2.75) is 68.2 Å². The zero-order valence-electron chi connectivity index (χ0n) is 25.9. The van der Waals surface area contributed by atoms with E-state index >= 15 is 0 Å². The van der Waals surface area contributed by atoms with Gasteiger partial charge in [-0.2, -0.15) is 0 Å². The molecule has 1 saturated carbocycles. The van der Waals surface area contributed by atoms with Crippen molar-refractivity contribution in [2.75, 3.05) is 13.2 Å². The van der Waals surface area contributed by atoms with Gasteiger partial charge in [0, 0.05) is 11.5 Å². The molecular formula is C36H36O12. The van der Waals surface area contributed by atoms with Crippen LogP contribution in [-0.2, 0) is 29.2 Å². The summed E-state index contributed by atoms with van der Waals surface area (Å²) in [5.74, 6) is -2.15. The lowest BCUT2D eigenvalue weighted by molar-refractivity contribution is -0.290. The van der Waals surface area contributed by atoms with Crippen LogP contribution in [0.15, 0.2) is 88.3 Å². The van der Waals surface area contributed by atoms with E-state index in [1.54, 1.807) is 12.1 Å². The summed E-state index contributed by atoms with van der Waals surface area (Å²) in [7, 11) is 0. The maximum absolute atomic E-state index is 13.3. The van der Waals surface area contributed by atoms with E-state index < -0.39 is 55.7 Å². The Labute approximate surface area is 275 Å². The monoisotopic (exact) mass is 660 g/mol. The van der Waals surface area contributed by atoms with Gasteiger partial charge in [-0.15, -0.1) is 0 Å². The number of aliphatic hydroxyl groups excluding tert-OH is 2. The quantitative estimate of drug-likeness (QED) is 0.135. The largest absolute Gasteiger partial charge is 0.508 e. The molecule has 1 aliphatic heterocycles. The van der Waals surface area contributed by atoms with E-state index in [2.05, 4.69) is 0 Å². The Bertz CT molecular complexity index is 1800. The lowest BCUT2D eigenvalue weighted by atomic mass is 9.79. The number of esters is 1. The molecule has 1 saturated heterocycles. The van der Waals surface area contributed by atoms with Crippen molar-refractivity contribution in [3.05, 3.63) is 94.8 Å². The number of fused-ring (bicyclic) bond motifs is 1. The number of aliphatic hydroxyl groups is 2. The van der Waals surface area contributed by atoms with Gasteiger partial charge in [0.1, 0.15) is 60.8 Å². The number of hydrogen-bond donors (Lipinski definition) is 4. The number of carbonyl (C=O) groups is 2. The van der Waals surface area contributed by atoms with Gasteiger partial charge in [-0.1, -0.05) is 55.3 Å². The Morgan fingerprint density at radius 1 is 0.938 bits per heavy atom. The van der Waals surface area contributed by atoms with Crippen molar-refractivity contribution >= 4 is 22.9 Å². The van der Waals surface area contributed by atoms with Gasteiger partial charge in [-0.25, -0.2) is 0 Å². The molecule has 1 aliphatic carbocycles. The lowest BCUT2D eigenvalue weighted by Gasteiger charge is -2.43. The van der Waals surface area contributed by atoms with E-state index in [4.69, 9.17) is 28.5 Å². The van der Waals surface area contributed by atoms with Crippen LogP contribution in [0.2, 0.25) is 0 Å². The summed E-state index contributed by atoms with van der Waals surface area (Å²) in [4.78, 5) is 36.1. The minimum absolute atomic E-state index is 0.0645. The number of phenols is 1. The van der Waals surface area contributed by atoms with Crippen molar-refractivity contribution < 1.29 is 53.4 Å². The Kier molecular flexibility index (Phi) is 9.78. The molecule has 12 heteroatoms. The number of ether oxygens (including phenoxy) is 4. The van der Waals surface area contributed by atoms with Crippen LogP contribution in [0.3, 0.4) is 0 Å². The summed E-state index contributed by atoms with van der Waals surface area (Å²) < 4.78 is 29.4. The fourth-order valence-electron chi connectivity index (χ4n) is 6.44. The van der Waals surface area contributed by atoms with Gasteiger partial charge < -0.3 is 43.8 Å². The molecule has 6 rings (SSSR count). The van der Waals surface area contributed by atoms with E-state index in [0.717, 1.165) is 31.2 Å². The molecule has 2 fully saturated rings. The second kappa shape index (κ2) is 14.2.